The number of likely N-dealkylation sites (tertiary alicyclic amines) is 1. The summed E-state index contributed by atoms with van der Waals surface area (Å²) >= 11 is 6.10. The molecule has 8 nitrogen and oxygen atoms in total. The topological polar surface area (TPSA) is 96.4 Å². The van der Waals surface area contributed by atoms with Gasteiger partial charge in [-0.1, -0.05) is 42.8 Å². The fraction of sp³-hybridized carbons (Fsp3) is 0.552. The number of anilines is 1. The largest absolute Gasteiger partial charge is 0.465 e. The van der Waals surface area contributed by atoms with Gasteiger partial charge in [0.1, 0.15) is 23.2 Å². The molecule has 2 saturated heterocycles. The summed E-state index contributed by atoms with van der Waals surface area (Å²) < 4.78 is 12.6. The Hall–Kier alpha value is -2.68. The van der Waals surface area contributed by atoms with Crippen LogP contribution in [0.5, 0.6) is 0 Å². The van der Waals surface area contributed by atoms with Crippen LogP contribution >= 0.6 is 11.6 Å². The molecule has 9 heteroatoms. The van der Waals surface area contributed by atoms with Crippen molar-refractivity contribution in [2.24, 2.45) is 11.8 Å². The normalized spacial score (nSPS) is 33.9. The summed E-state index contributed by atoms with van der Waals surface area (Å²) in [6, 6.07) is 6.04. The van der Waals surface area contributed by atoms with Gasteiger partial charge in [0, 0.05) is 30.4 Å². The standard InChI is InChI=1S/C29H35ClN2O6/c1-2-28-14-5-3-4-8-19-37-27(36)23(28)22-25(34)32(16-6-7-18-33)24-26(35)31(17-9-15-29(22,24)38-28)21-12-10-20(30)11-13-21/h5,9-15,22-24,33H,2-4,6-8,16-19H2,1H3/b14-5-/t22-,23-,24?,28+,29-/m0/s1. The highest BCUT2D eigenvalue weighted by Gasteiger charge is 2.75. The number of hydrogen-bond donors (Lipinski definition) is 1. The third-order valence-corrected chi connectivity index (χ3v) is 8.58. The number of carbonyl (C=O) groups excluding carboxylic acids is 3. The molecule has 4 heterocycles. The Bertz CT molecular complexity index is 1140. The molecule has 5 atom stereocenters. The van der Waals surface area contributed by atoms with E-state index in [1.807, 2.05) is 31.2 Å². The van der Waals surface area contributed by atoms with Crippen LogP contribution in [0.4, 0.5) is 5.69 Å². The lowest BCUT2D eigenvalue weighted by atomic mass is 9.73. The molecule has 204 valence electrons. The zero-order chi connectivity index (χ0) is 26.9. The first kappa shape index (κ1) is 26.9. The number of amides is 2. The van der Waals surface area contributed by atoms with Crippen molar-refractivity contribution in [2.45, 2.75) is 62.7 Å². The van der Waals surface area contributed by atoms with Crippen molar-refractivity contribution in [1.29, 1.82) is 0 Å². The zero-order valence-electron chi connectivity index (χ0n) is 21.7. The molecule has 2 amide bonds. The highest BCUT2D eigenvalue weighted by Crippen LogP contribution is 2.58. The van der Waals surface area contributed by atoms with Crippen LogP contribution < -0.4 is 4.90 Å². The van der Waals surface area contributed by atoms with Crippen molar-refractivity contribution in [1.82, 2.24) is 4.90 Å². The summed E-state index contributed by atoms with van der Waals surface area (Å²) in [6.45, 7) is 2.78. The number of allylic oxidation sites excluding steroid dienone is 1. The van der Waals surface area contributed by atoms with Crippen LogP contribution in [0.2, 0.25) is 5.02 Å². The Morgan fingerprint density at radius 3 is 2.55 bits per heavy atom. The lowest BCUT2D eigenvalue weighted by Gasteiger charge is -2.38. The molecule has 0 bridgehead atoms. The number of aliphatic hydroxyl groups is 1. The summed E-state index contributed by atoms with van der Waals surface area (Å²) in [5, 5.41) is 9.93. The van der Waals surface area contributed by atoms with Gasteiger partial charge in [0.05, 0.1) is 12.5 Å². The molecule has 1 unspecified atom stereocenters. The lowest BCUT2D eigenvalue weighted by molar-refractivity contribution is -0.160. The van der Waals surface area contributed by atoms with E-state index >= 15 is 0 Å². The fourth-order valence-electron chi connectivity index (χ4n) is 6.52. The number of hydrogen-bond acceptors (Lipinski definition) is 6. The number of rotatable bonds is 6. The van der Waals surface area contributed by atoms with E-state index in [1.165, 1.54) is 0 Å². The Labute approximate surface area is 228 Å². The van der Waals surface area contributed by atoms with Crippen LogP contribution in [-0.4, -0.2) is 71.3 Å². The van der Waals surface area contributed by atoms with E-state index < -0.39 is 35.0 Å². The first-order valence-corrected chi connectivity index (χ1v) is 14.0. The summed E-state index contributed by atoms with van der Waals surface area (Å²) in [5.41, 5.74) is -1.73. The molecule has 5 rings (SSSR count). The highest BCUT2D eigenvalue weighted by atomic mass is 35.5. The van der Waals surface area contributed by atoms with E-state index in [1.54, 1.807) is 34.1 Å². The van der Waals surface area contributed by atoms with Crippen molar-refractivity contribution in [3.05, 3.63) is 53.6 Å². The van der Waals surface area contributed by atoms with Crippen LogP contribution in [0.3, 0.4) is 0 Å². The second-order valence-electron chi connectivity index (χ2n) is 10.5. The van der Waals surface area contributed by atoms with Crippen LogP contribution in [0, 0.1) is 11.8 Å². The molecule has 1 aromatic rings. The van der Waals surface area contributed by atoms with Gasteiger partial charge in [-0.15, -0.1) is 0 Å². The number of esters is 1. The fourth-order valence-corrected chi connectivity index (χ4v) is 6.65. The van der Waals surface area contributed by atoms with E-state index in [0.29, 0.717) is 36.6 Å². The molecule has 0 aliphatic carbocycles. The molecule has 2 fully saturated rings. The predicted molar refractivity (Wildman–Crippen MR) is 143 cm³/mol. The number of halogens is 1. The minimum atomic E-state index is -1.33. The molecule has 38 heavy (non-hydrogen) atoms. The number of nitrogens with zero attached hydrogens (tertiary/aromatic N) is 2. The van der Waals surface area contributed by atoms with E-state index in [0.717, 1.165) is 19.3 Å². The van der Waals surface area contributed by atoms with Gasteiger partial charge in [0.25, 0.3) is 5.91 Å². The van der Waals surface area contributed by atoms with Crippen molar-refractivity contribution < 1.29 is 29.0 Å². The third kappa shape index (κ3) is 4.36. The molecular formula is C29H35ClN2O6. The molecule has 4 aliphatic heterocycles. The quantitative estimate of drug-likeness (QED) is 0.335. The van der Waals surface area contributed by atoms with Crippen molar-refractivity contribution in [3.63, 3.8) is 0 Å². The molecule has 4 aliphatic rings. The Morgan fingerprint density at radius 1 is 1.03 bits per heavy atom. The zero-order valence-corrected chi connectivity index (χ0v) is 22.4. The minimum absolute atomic E-state index is 0.0127. The first-order valence-electron chi connectivity index (χ1n) is 13.6. The van der Waals surface area contributed by atoms with Gasteiger partial charge < -0.3 is 24.4 Å². The average molecular weight is 543 g/mol. The van der Waals surface area contributed by atoms with Gasteiger partial charge >= 0.3 is 5.97 Å². The lowest BCUT2D eigenvalue weighted by Crippen LogP contribution is -2.56. The van der Waals surface area contributed by atoms with E-state index in [-0.39, 0.29) is 31.5 Å². The predicted octanol–water partition coefficient (Wildman–Crippen LogP) is 3.66. The van der Waals surface area contributed by atoms with Gasteiger partial charge in [-0.3, -0.25) is 14.4 Å². The number of ether oxygens (including phenoxy) is 2. The molecule has 1 aromatic carbocycles. The van der Waals surface area contributed by atoms with Gasteiger partial charge in [-0.2, -0.15) is 0 Å². The number of fused-ring (bicyclic) bond motifs is 2. The number of benzene rings is 1. The summed E-state index contributed by atoms with van der Waals surface area (Å²) in [5.74, 6) is -2.79. The summed E-state index contributed by atoms with van der Waals surface area (Å²) in [4.78, 5) is 45.4. The van der Waals surface area contributed by atoms with E-state index in [9.17, 15) is 19.5 Å². The van der Waals surface area contributed by atoms with Crippen LogP contribution in [0.1, 0.15) is 45.4 Å². The maximum absolute atomic E-state index is 14.4. The monoisotopic (exact) mass is 542 g/mol. The maximum atomic E-state index is 14.4. The number of aliphatic hydroxyl groups excluding tert-OH is 1. The van der Waals surface area contributed by atoms with Gasteiger partial charge in [0.15, 0.2) is 0 Å². The smallest absolute Gasteiger partial charge is 0.313 e. The molecule has 1 spiro atoms. The molecule has 0 radical (unpaired) electrons. The van der Waals surface area contributed by atoms with E-state index in [4.69, 9.17) is 21.1 Å². The maximum Gasteiger partial charge on any atom is 0.313 e. The average Bonchev–Trinajstić information content (AvgIpc) is 3.26. The number of carbonyl (C=O) groups is 3. The van der Waals surface area contributed by atoms with Crippen LogP contribution in [0.15, 0.2) is 48.6 Å². The molecular weight excluding hydrogens is 508 g/mol. The number of unbranched alkanes of at least 4 members (excludes halogenated alkanes) is 1. The SMILES string of the molecule is CC[C@@]12/C=C\CCCCOC(=O)[C@@H]1[C@H]1C(=O)N(CCCCO)C3C(=O)N(c4ccc(Cl)cc4)CC=C[C@@]31O2. The van der Waals surface area contributed by atoms with Crippen molar-refractivity contribution in [2.75, 3.05) is 31.2 Å². The second kappa shape index (κ2) is 10.8. The molecule has 0 aromatic heterocycles. The van der Waals surface area contributed by atoms with Crippen molar-refractivity contribution in [3.8, 4) is 0 Å². The van der Waals surface area contributed by atoms with Gasteiger partial charge in [-0.25, -0.2) is 0 Å². The van der Waals surface area contributed by atoms with Crippen molar-refractivity contribution >= 4 is 35.1 Å². The third-order valence-electron chi connectivity index (χ3n) is 8.33. The van der Waals surface area contributed by atoms with Gasteiger partial charge in [-0.05, 0) is 62.8 Å². The minimum Gasteiger partial charge on any atom is -0.465 e. The second-order valence-corrected chi connectivity index (χ2v) is 10.9. The summed E-state index contributed by atoms with van der Waals surface area (Å²) in [7, 11) is 0. The first-order chi connectivity index (χ1) is 18.4. The van der Waals surface area contributed by atoms with Gasteiger partial charge in [0.2, 0.25) is 5.91 Å². The van der Waals surface area contributed by atoms with Crippen LogP contribution in [-0.2, 0) is 23.9 Å². The molecule has 0 saturated carbocycles. The van der Waals surface area contributed by atoms with E-state index in [2.05, 4.69) is 0 Å². The number of cyclic esters (lactones) is 1. The van der Waals surface area contributed by atoms with Crippen LogP contribution in [0.25, 0.3) is 0 Å². The highest BCUT2D eigenvalue weighted by molar-refractivity contribution is 6.30. The Balaban J connectivity index is 1.63. The Morgan fingerprint density at radius 2 is 1.82 bits per heavy atom. The Kier molecular flexibility index (Phi) is 7.67. The molecule has 1 N–H and O–H groups in total. The summed E-state index contributed by atoms with van der Waals surface area (Å²) in [6.07, 6.45) is 11.6.